The van der Waals surface area contributed by atoms with Crippen molar-refractivity contribution < 1.29 is 28.8 Å². The first-order valence-corrected chi connectivity index (χ1v) is 15.2. The van der Waals surface area contributed by atoms with Crippen LogP contribution in [0.1, 0.15) is 17.5 Å². The third kappa shape index (κ3) is 6.67. The van der Waals surface area contributed by atoms with Gasteiger partial charge in [-0.25, -0.2) is 0 Å². The Morgan fingerprint density at radius 1 is 1.05 bits per heavy atom. The van der Waals surface area contributed by atoms with E-state index in [4.69, 9.17) is 24.0 Å². The minimum Gasteiger partial charge on any atom is -0.497 e. The Balaban J connectivity index is 0.00000387. The minimum atomic E-state index is -0.893. The predicted octanol–water partition coefficient (Wildman–Crippen LogP) is 6.01. The van der Waals surface area contributed by atoms with E-state index in [1.807, 2.05) is 67.9 Å². The molecule has 0 spiro atoms. The maximum atomic E-state index is 13.8. The van der Waals surface area contributed by atoms with E-state index in [9.17, 15) is 4.79 Å². The number of carbonyl (C=O) groups is 1. The van der Waals surface area contributed by atoms with Gasteiger partial charge in [-0.15, -0.1) is 24.2 Å². The van der Waals surface area contributed by atoms with Crippen molar-refractivity contribution in [2.45, 2.75) is 22.0 Å². The molecule has 5 rings (SSSR count). The molecule has 1 unspecified atom stereocenters. The molecule has 0 saturated carbocycles. The lowest BCUT2D eigenvalue weighted by molar-refractivity contribution is -0.194. The van der Waals surface area contributed by atoms with Crippen molar-refractivity contribution in [2.75, 3.05) is 58.7 Å². The zero-order valence-electron chi connectivity index (χ0n) is 23.6. The van der Waals surface area contributed by atoms with E-state index in [0.29, 0.717) is 37.1 Å². The second-order valence-electron chi connectivity index (χ2n) is 9.59. The molecular formula is C30H35ClN2O6S2. The number of thioether (sulfide) groups is 2. The fraction of sp³-hybridized carbons (Fsp3) is 0.367. The van der Waals surface area contributed by atoms with E-state index < -0.39 is 4.08 Å². The van der Waals surface area contributed by atoms with Gasteiger partial charge in [0.1, 0.15) is 30.5 Å². The van der Waals surface area contributed by atoms with Gasteiger partial charge in [0.05, 0.1) is 19.4 Å². The lowest BCUT2D eigenvalue weighted by atomic mass is 10.1. The minimum absolute atomic E-state index is 0. The molecule has 1 atom stereocenters. The molecule has 3 aromatic rings. The number of para-hydroxylation sites is 1. The van der Waals surface area contributed by atoms with Crippen LogP contribution in [-0.4, -0.2) is 64.6 Å². The highest BCUT2D eigenvalue weighted by atomic mass is 35.5. The van der Waals surface area contributed by atoms with Crippen molar-refractivity contribution in [1.82, 2.24) is 4.90 Å². The van der Waals surface area contributed by atoms with Gasteiger partial charge in [0.2, 0.25) is 0 Å². The number of likely N-dealkylation sites (N-methyl/N-ethyl adjacent to an activating group) is 2. The molecule has 2 aliphatic rings. The number of anilines is 1. The fourth-order valence-electron chi connectivity index (χ4n) is 4.70. The van der Waals surface area contributed by atoms with Crippen molar-refractivity contribution in [1.29, 1.82) is 0 Å². The van der Waals surface area contributed by atoms with Crippen molar-refractivity contribution in [2.24, 2.45) is 0 Å². The highest BCUT2D eigenvalue weighted by Gasteiger charge is 2.49. The highest BCUT2D eigenvalue weighted by Crippen LogP contribution is 2.58. The number of hydrogen-bond donors (Lipinski definition) is 0. The van der Waals surface area contributed by atoms with Gasteiger partial charge in [0.25, 0.3) is 5.91 Å². The van der Waals surface area contributed by atoms with Crippen LogP contribution < -0.4 is 24.0 Å². The summed E-state index contributed by atoms with van der Waals surface area (Å²) >= 11 is 3.07. The van der Waals surface area contributed by atoms with Gasteiger partial charge in [-0.1, -0.05) is 23.9 Å². The Morgan fingerprint density at radius 2 is 1.85 bits per heavy atom. The Kier molecular flexibility index (Phi) is 10.6. The average molecular weight is 619 g/mol. The monoisotopic (exact) mass is 618 g/mol. The van der Waals surface area contributed by atoms with Crippen LogP contribution in [-0.2, 0) is 20.4 Å². The van der Waals surface area contributed by atoms with E-state index in [1.54, 1.807) is 23.8 Å². The number of rotatable bonds is 12. The van der Waals surface area contributed by atoms with Crippen molar-refractivity contribution in [3.63, 3.8) is 0 Å². The number of halogens is 1. The molecule has 0 fully saturated rings. The SMILES string of the molecule is COc1ccc(OCCCN(C)CCOc2ccc3c(c2)OOC3)c(C2(SC)Sc3ccccc3N(C)C2=O)c1.Cl. The van der Waals surface area contributed by atoms with Crippen molar-refractivity contribution >= 4 is 47.5 Å². The molecule has 0 saturated heterocycles. The summed E-state index contributed by atoms with van der Waals surface area (Å²) in [6.45, 7) is 3.16. The summed E-state index contributed by atoms with van der Waals surface area (Å²) in [5, 5.41) is 0. The van der Waals surface area contributed by atoms with Crippen LogP contribution in [0.2, 0.25) is 0 Å². The quantitative estimate of drug-likeness (QED) is 0.179. The van der Waals surface area contributed by atoms with E-state index in [1.165, 1.54) is 11.8 Å². The third-order valence-corrected chi connectivity index (χ3v) is 9.95. The molecule has 0 N–H and O–H groups in total. The van der Waals surface area contributed by atoms with E-state index in [0.717, 1.165) is 47.0 Å². The first-order valence-electron chi connectivity index (χ1n) is 13.1. The summed E-state index contributed by atoms with van der Waals surface area (Å²) in [4.78, 5) is 29.0. The summed E-state index contributed by atoms with van der Waals surface area (Å²) in [5.74, 6) is 2.86. The molecule has 8 nitrogen and oxygen atoms in total. The molecule has 0 bridgehead atoms. The molecule has 41 heavy (non-hydrogen) atoms. The molecule has 11 heteroatoms. The molecular weight excluding hydrogens is 584 g/mol. The molecule has 2 heterocycles. The van der Waals surface area contributed by atoms with E-state index >= 15 is 0 Å². The highest BCUT2D eigenvalue weighted by molar-refractivity contribution is 8.18. The van der Waals surface area contributed by atoms with Gasteiger partial charge < -0.3 is 28.9 Å². The lowest BCUT2D eigenvalue weighted by Crippen LogP contribution is -2.44. The van der Waals surface area contributed by atoms with Gasteiger partial charge in [-0.05, 0) is 62.2 Å². The number of methoxy groups -OCH3 is 1. The maximum absolute atomic E-state index is 13.8. The average Bonchev–Trinajstić information content (AvgIpc) is 3.45. The maximum Gasteiger partial charge on any atom is 0.258 e. The van der Waals surface area contributed by atoms with Crippen molar-refractivity contribution in [3.05, 3.63) is 71.8 Å². The van der Waals surface area contributed by atoms with Crippen LogP contribution in [0.25, 0.3) is 0 Å². The summed E-state index contributed by atoms with van der Waals surface area (Å²) < 4.78 is 16.9. The Labute approximate surface area is 255 Å². The molecule has 220 valence electrons. The van der Waals surface area contributed by atoms with Crippen molar-refractivity contribution in [3.8, 4) is 23.0 Å². The number of fused-ring (bicyclic) bond motifs is 2. The zero-order valence-corrected chi connectivity index (χ0v) is 26.0. The number of carbonyl (C=O) groups excluding carboxylic acids is 1. The van der Waals surface area contributed by atoms with Crippen LogP contribution in [0.15, 0.2) is 65.6 Å². The normalized spacial score (nSPS) is 17.4. The van der Waals surface area contributed by atoms with Crippen LogP contribution in [0, 0.1) is 0 Å². The van der Waals surface area contributed by atoms with Crippen LogP contribution in [0.3, 0.4) is 0 Å². The summed E-state index contributed by atoms with van der Waals surface area (Å²) in [6.07, 6.45) is 2.79. The second kappa shape index (κ2) is 13.9. The molecule has 0 radical (unpaired) electrons. The predicted molar refractivity (Wildman–Crippen MR) is 166 cm³/mol. The largest absolute Gasteiger partial charge is 0.497 e. The van der Waals surface area contributed by atoms with E-state index in [-0.39, 0.29) is 18.3 Å². The summed E-state index contributed by atoms with van der Waals surface area (Å²) in [7, 11) is 5.53. The van der Waals surface area contributed by atoms with E-state index in [2.05, 4.69) is 18.0 Å². The Bertz CT molecular complexity index is 1360. The third-order valence-electron chi connectivity index (χ3n) is 6.98. The second-order valence-corrected chi connectivity index (χ2v) is 12.1. The molecule has 0 aliphatic carbocycles. The number of ether oxygens (including phenoxy) is 3. The van der Waals surface area contributed by atoms with Gasteiger partial charge in [0.15, 0.2) is 9.83 Å². The Hall–Kier alpha value is -2.76. The number of nitrogens with zero attached hydrogens (tertiary/aromatic N) is 2. The van der Waals surface area contributed by atoms with Crippen LogP contribution >= 0.6 is 35.9 Å². The van der Waals surface area contributed by atoms with Crippen LogP contribution in [0.4, 0.5) is 5.69 Å². The van der Waals surface area contributed by atoms with Crippen LogP contribution in [0.5, 0.6) is 23.0 Å². The van der Waals surface area contributed by atoms with Gasteiger partial charge in [0, 0.05) is 42.2 Å². The number of amides is 1. The molecule has 3 aromatic carbocycles. The summed E-state index contributed by atoms with van der Waals surface area (Å²) in [6, 6.07) is 19.5. The van der Waals surface area contributed by atoms with Gasteiger partial charge in [-0.3, -0.25) is 4.79 Å². The number of hydrogen-bond acceptors (Lipinski definition) is 9. The summed E-state index contributed by atoms with van der Waals surface area (Å²) in [5.41, 5.74) is 2.75. The number of benzene rings is 3. The van der Waals surface area contributed by atoms with Gasteiger partial charge in [-0.2, -0.15) is 4.89 Å². The molecule has 2 aliphatic heterocycles. The fourth-order valence-corrected chi connectivity index (χ4v) is 7.26. The lowest BCUT2D eigenvalue weighted by Gasteiger charge is -2.40. The molecule has 1 amide bonds. The van der Waals surface area contributed by atoms with Gasteiger partial charge >= 0.3 is 0 Å². The molecule has 0 aromatic heterocycles. The standard InChI is InChI=1S/C30H34N2O6S2.ClH/c1-31(15-17-35-23-11-10-21-20-37-38-27(21)19-23)14-7-16-36-26-13-12-22(34-3)18-24(26)30(39-4)29(33)32(2)25-8-5-6-9-28(25)40-30;/h5-6,8-13,18-19H,7,14-17,20H2,1-4H3;1H. The first-order chi connectivity index (χ1) is 19.4. The topological polar surface area (TPSA) is 69.7 Å². The zero-order chi connectivity index (χ0) is 28.1. The smallest absolute Gasteiger partial charge is 0.258 e. The Morgan fingerprint density at radius 3 is 2.66 bits per heavy atom. The first kappa shape index (κ1) is 31.2.